The van der Waals surface area contributed by atoms with E-state index in [1.54, 1.807) is 0 Å². The third-order valence-corrected chi connectivity index (χ3v) is 8.89. The molecule has 1 saturated heterocycles. The van der Waals surface area contributed by atoms with E-state index in [2.05, 4.69) is 32.9 Å². The quantitative estimate of drug-likeness (QED) is 0.475. The summed E-state index contributed by atoms with van der Waals surface area (Å²) in [6, 6.07) is 8.24. The second kappa shape index (κ2) is 9.31. The number of thiazole rings is 1. The molecule has 1 aliphatic heterocycles. The van der Waals surface area contributed by atoms with Crippen LogP contribution in [0.25, 0.3) is 0 Å². The van der Waals surface area contributed by atoms with Crippen LogP contribution in [0.2, 0.25) is 0 Å². The summed E-state index contributed by atoms with van der Waals surface area (Å²) in [6.45, 7) is 7.51. The first kappa shape index (κ1) is 24.7. The molecule has 0 aliphatic carbocycles. The fraction of sp³-hybridized carbons (Fsp3) is 0.375. The Labute approximate surface area is 201 Å². The number of piperazine rings is 1. The minimum Gasteiger partial charge on any atom is -0.345 e. The van der Waals surface area contributed by atoms with Gasteiger partial charge in [0.2, 0.25) is 10.0 Å². The number of sulfonamides is 1. The summed E-state index contributed by atoms with van der Waals surface area (Å²) in [5.74, 6) is 0. The normalized spacial score (nSPS) is 15.6. The predicted octanol–water partition coefficient (Wildman–Crippen LogP) is 5.19. The van der Waals surface area contributed by atoms with Crippen LogP contribution in [0.5, 0.6) is 0 Å². The lowest BCUT2D eigenvalue weighted by atomic mass is 9.96. The van der Waals surface area contributed by atoms with Gasteiger partial charge in [-0.2, -0.15) is 17.5 Å². The van der Waals surface area contributed by atoms with Gasteiger partial charge in [-0.25, -0.2) is 13.4 Å². The molecule has 2 heterocycles. The number of rotatable bonds is 5. The van der Waals surface area contributed by atoms with Gasteiger partial charge in [-0.1, -0.05) is 23.8 Å². The van der Waals surface area contributed by atoms with E-state index in [9.17, 15) is 21.6 Å². The number of benzene rings is 2. The third kappa shape index (κ3) is 5.13. The molecule has 10 heteroatoms. The lowest BCUT2D eigenvalue weighted by Crippen LogP contribution is -2.48. The second-order valence-corrected chi connectivity index (χ2v) is 11.4. The van der Waals surface area contributed by atoms with Gasteiger partial charge in [0.05, 0.1) is 16.2 Å². The highest BCUT2D eigenvalue weighted by molar-refractivity contribution is 7.89. The molecule has 0 radical (unpaired) electrons. The maximum Gasteiger partial charge on any atom is 0.416 e. The molecule has 0 amide bonds. The zero-order valence-corrected chi connectivity index (χ0v) is 20.8. The van der Waals surface area contributed by atoms with E-state index < -0.39 is 21.8 Å². The number of halogens is 3. The Hall–Kier alpha value is -2.43. The Morgan fingerprint density at radius 1 is 1.00 bits per heavy atom. The van der Waals surface area contributed by atoms with Gasteiger partial charge >= 0.3 is 6.18 Å². The Balaban J connectivity index is 1.43. The first-order valence-electron chi connectivity index (χ1n) is 10.9. The van der Waals surface area contributed by atoms with Crippen molar-refractivity contribution in [2.45, 2.75) is 38.3 Å². The zero-order chi connectivity index (χ0) is 24.7. The summed E-state index contributed by atoms with van der Waals surface area (Å²) in [6.07, 6.45) is -3.86. The van der Waals surface area contributed by atoms with Gasteiger partial charge in [-0.05, 0) is 55.7 Å². The molecule has 34 heavy (non-hydrogen) atoms. The fourth-order valence-corrected chi connectivity index (χ4v) is 6.64. The Morgan fingerprint density at radius 2 is 1.65 bits per heavy atom. The van der Waals surface area contributed by atoms with Crippen molar-refractivity contribution in [2.24, 2.45) is 0 Å². The third-order valence-electron chi connectivity index (χ3n) is 6.05. The molecule has 0 unspecified atom stereocenters. The standard InChI is InChI=1S/C24H26F3N3O2S2/c1-16-11-17(2)22(18(3)12-16)14-20-15-33-23(28-20)29-7-9-30(10-8-29)34(31,32)21-6-4-5-19(13-21)24(25,26)27/h4-6,11-13,15H,7-10,14H2,1-3H3. The van der Waals surface area contributed by atoms with Crippen molar-refractivity contribution in [3.8, 4) is 0 Å². The summed E-state index contributed by atoms with van der Waals surface area (Å²) < 4.78 is 66.2. The molecule has 1 fully saturated rings. The van der Waals surface area contributed by atoms with Gasteiger partial charge in [0.1, 0.15) is 0 Å². The van der Waals surface area contributed by atoms with Crippen LogP contribution in [0.15, 0.2) is 46.7 Å². The molecule has 0 bridgehead atoms. The van der Waals surface area contributed by atoms with Crippen molar-refractivity contribution in [1.82, 2.24) is 9.29 Å². The number of hydrogen-bond acceptors (Lipinski definition) is 5. The van der Waals surface area contributed by atoms with Crippen LogP contribution in [-0.2, 0) is 22.6 Å². The van der Waals surface area contributed by atoms with E-state index in [4.69, 9.17) is 4.98 Å². The highest BCUT2D eigenvalue weighted by atomic mass is 32.2. The largest absolute Gasteiger partial charge is 0.416 e. The molecule has 1 aliphatic rings. The number of aromatic nitrogens is 1. The first-order valence-corrected chi connectivity index (χ1v) is 13.2. The van der Waals surface area contributed by atoms with Gasteiger partial charge in [0.25, 0.3) is 0 Å². The lowest BCUT2D eigenvalue weighted by Gasteiger charge is -2.33. The number of nitrogens with zero attached hydrogens (tertiary/aromatic N) is 3. The van der Waals surface area contributed by atoms with Crippen LogP contribution >= 0.6 is 11.3 Å². The summed E-state index contributed by atoms with van der Waals surface area (Å²) in [7, 11) is -4.01. The molecule has 4 rings (SSSR count). The highest BCUT2D eigenvalue weighted by Gasteiger charge is 2.34. The average molecular weight is 510 g/mol. The van der Waals surface area contributed by atoms with Crippen molar-refractivity contribution in [3.05, 3.63) is 75.3 Å². The van der Waals surface area contributed by atoms with E-state index in [1.807, 2.05) is 10.3 Å². The highest BCUT2D eigenvalue weighted by Crippen LogP contribution is 2.32. The molecule has 0 spiro atoms. The van der Waals surface area contributed by atoms with Crippen molar-refractivity contribution in [3.63, 3.8) is 0 Å². The van der Waals surface area contributed by atoms with E-state index in [-0.39, 0.29) is 18.0 Å². The van der Waals surface area contributed by atoms with Crippen LogP contribution in [0.4, 0.5) is 18.3 Å². The van der Waals surface area contributed by atoms with Gasteiger partial charge < -0.3 is 4.90 Å². The van der Waals surface area contributed by atoms with Crippen LogP contribution < -0.4 is 4.90 Å². The number of aryl methyl sites for hydroxylation is 3. The number of alkyl halides is 3. The molecular formula is C24H26F3N3O2S2. The van der Waals surface area contributed by atoms with Gasteiger partial charge in [0, 0.05) is 38.0 Å². The summed E-state index contributed by atoms with van der Waals surface area (Å²) in [5, 5.41) is 2.85. The number of hydrogen-bond donors (Lipinski definition) is 0. The molecule has 182 valence electrons. The molecule has 3 aromatic rings. The van der Waals surface area contributed by atoms with Crippen LogP contribution in [0.1, 0.15) is 33.5 Å². The SMILES string of the molecule is Cc1cc(C)c(Cc2csc(N3CCN(S(=O)(=O)c4cccc(C(F)(F)F)c4)CC3)n2)c(C)c1. The van der Waals surface area contributed by atoms with Crippen LogP contribution in [-0.4, -0.2) is 43.9 Å². The van der Waals surface area contributed by atoms with Gasteiger partial charge in [-0.3, -0.25) is 0 Å². The first-order chi connectivity index (χ1) is 15.9. The maximum atomic E-state index is 13.0. The minimum absolute atomic E-state index is 0.184. The second-order valence-electron chi connectivity index (χ2n) is 8.59. The maximum absolute atomic E-state index is 13.0. The number of anilines is 1. The molecule has 0 atom stereocenters. The lowest BCUT2D eigenvalue weighted by molar-refractivity contribution is -0.137. The molecule has 1 aromatic heterocycles. The Kier molecular flexibility index (Phi) is 6.76. The minimum atomic E-state index is -4.59. The summed E-state index contributed by atoms with van der Waals surface area (Å²) in [5.41, 5.74) is 4.96. The fourth-order valence-electron chi connectivity index (χ4n) is 4.29. The topological polar surface area (TPSA) is 53.5 Å². The van der Waals surface area contributed by atoms with E-state index >= 15 is 0 Å². The summed E-state index contributed by atoms with van der Waals surface area (Å²) >= 11 is 1.52. The summed E-state index contributed by atoms with van der Waals surface area (Å²) in [4.78, 5) is 6.46. The average Bonchev–Trinajstić information content (AvgIpc) is 3.24. The molecule has 5 nitrogen and oxygen atoms in total. The molecule has 0 N–H and O–H groups in total. The molecule has 2 aromatic carbocycles. The van der Waals surface area contributed by atoms with Crippen LogP contribution in [0.3, 0.4) is 0 Å². The van der Waals surface area contributed by atoms with Crippen molar-refractivity contribution < 1.29 is 21.6 Å². The van der Waals surface area contributed by atoms with E-state index in [0.717, 1.165) is 29.4 Å². The zero-order valence-electron chi connectivity index (χ0n) is 19.2. The van der Waals surface area contributed by atoms with Crippen molar-refractivity contribution >= 4 is 26.5 Å². The predicted molar refractivity (Wildman–Crippen MR) is 128 cm³/mol. The molecular weight excluding hydrogens is 483 g/mol. The van der Waals surface area contributed by atoms with E-state index in [0.29, 0.717) is 19.2 Å². The Morgan fingerprint density at radius 3 is 2.26 bits per heavy atom. The van der Waals surface area contributed by atoms with Crippen LogP contribution in [0, 0.1) is 20.8 Å². The van der Waals surface area contributed by atoms with E-state index in [1.165, 1.54) is 44.0 Å². The van der Waals surface area contributed by atoms with Crippen molar-refractivity contribution in [2.75, 3.05) is 31.1 Å². The smallest absolute Gasteiger partial charge is 0.345 e. The van der Waals surface area contributed by atoms with Gasteiger partial charge in [-0.15, -0.1) is 11.3 Å². The monoisotopic (exact) mass is 509 g/mol. The van der Waals surface area contributed by atoms with Gasteiger partial charge in [0.15, 0.2) is 5.13 Å². The molecule has 0 saturated carbocycles. The Bertz CT molecular complexity index is 1270. The van der Waals surface area contributed by atoms with Crippen molar-refractivity contribution in [1.29, 1.82) is 0 Å².